The zero-order chi connectivity index (χ0) is 13.1. The van der Waals surface area contributed by atoms with E-state index in [2.05, 4.69) is 47.5 Å². The Balaban J connectivity index is 1.63. The van der Waals surface area contributed by atoms with Crippen molar-refractivity contribution in [2.75, 3.05) is 26.2 Å². The number of nitrogens with one attached hydrogen (secondary N) is 1. The fraction of sp³-hybridized carbons (Fsp3) is 0.625. The van der Waals surface area contributed by atoms with E-state index in [1.54, 1.807) is 0 Å². The van der Waals surface area contributed by atoms with Gasteiger partial charge in [-0.05, 0) is 25.3 Å². The van der Waals surface area contributed by atoms with E-state index >= 15 is 0 Å². The molecule has 0 aliphatic carbocycles. The molecule has 3 rings (SSSR count). The Morgan fingerprint density at radius 1 is 1.32 bits per heavy atom. The van der Waals surface area contributed by atoms with Gasteiger partial charge >= 0.3 is 0 Å². The highest BCUT2D eigenvalue weighted by Gasteiger charge is 2.28. The van der Waals surface area contributed by atoms with E-state index in [9.17, 15) is 0 Å². The Morgan fingerprint density at radius 3 is 2.89 bits per heavy atom. The second-order valence-corrected chi connectivity index (χ2v) is 5.81. The predicted octanol–water partition coefficient (Wildman–Crippen LogP) is 2.20. The van der Waals surface area contributed by atoms with Crippen LogP contribution in [-0.4, -0.2) is 43.3 Å². The summed E-state index contributed by atoms with van der Waals surface area (Å²) in [5.41, 5.74) is 1.40. The molecule has 19 heavy (non-hydrogen) atoms. The third-order valence-electron chi connectivity index (χ3n) is 4.36. The standard InChI is InChI=1S/C16H24N2O/c1-13-10-17-16(14-6-3-2-4-7-14)12-18(13)11-15-8-5-9-19-15/h2-4,6-7,13,15-17H,5,8-12H2,1H3. The highest BCUT2D eigenvalue weighted by Crippen LogP contribution is 2.22. The molecular weight excluding hydrogens is 236 g/mol. The van der Waals surface area contributed by atoms with E-state index < -0.39 is 0 Å². The number of benzene rings is 1. The van der Waals surface area contributed by atoms with Gasteiger partial charge in [0, 0.05) is 38.3 Å². The van der Waals surface area contributed by atoms with Gasteiger partial charge in [0.05, 0.1) is 6.10 Å². The lowest BCUT2D eigenvalue weighted by molar-refractivity contribution is 0.0434. The maximum absolute atomic E-state index is 5.78. The largest absolute Gasteiger partial charge is 0.377 e. The summed E-state index contributed by atoms with van der Waals surface area (Å²) < 4.78 is 5.78. The van der Waals surface area contributed by atoms with Gasteiger partial charge in [0.25, 0.3) is 0 Å². The van der Waals surface area contributed by atoms with Gasteiger partial charge in [0.2, 0.25) is 0 Å². The molecule has 2 aliphatic heterocycles. The van der Waals surface area contributed by atoms with Crippen molar-refractivity contribution in [2.24, 2.45) is 0 Å². The molecule has 2 aliphatic rings. The first-order valence-electron chi connectivity index (χ1n) is 7.47. The minimum Gasteiger partial charge on any atom is -0.377 e. The number of hydrogen-bond donors (Lipinski definition) is 1. The molecule has 0 amide bonds. The highest BCUT2D eigenvalue weighted by molar-refractivity contribution is 5.20. The summed E-state index contributed by atoms with van der Waals surface area (Å²) in [5, 5.41) is 3.66. The smallest absolute Gasteiger partial charge is 0.0702 e. The number of ether oxygens (including phenoxy) is 1. The molecule has 0 saturated carbocycles. The average molecular weight is 260 g/mol. The first kappa shape index (κ1) is 13.1. The number of nitrogens with zero attached hydrogens (tertiary/aromatic N) is 1. The molecule has 104 valence electrons. The summed E-state index contributed by atoms with van der Waals surface area (Å²) >= 11 is 0. The van der Waals surface area contributed by atoms with Gasteiger partial charge in [-0.2, -0.15) is 0 Å². The van der Waals surface area contributed by atoms with Crippen molar-refractivity contribution < 1.29 is 4.74 Å². The van der Waals surface area contributed by atoms with Gasteiger partial charge in [0.15, 0.2) is 0 Å². The second kappa shape index (κ2) is 6.04. The molecule has 2 fully saturated rings. The van der Waals surface area contributed by atoms with Crippen LogP contribution in [0, 0.1) is 0 Å². The molecule has 0 aromatic heterocycles. The summed E-state index contributed by atoms with van der Waals surface area (Å²) in [7, 11) is 0. The van der Waals surface area contributed by atoms with Gasteiger partial charge in [-0.3, -0.25) is 4.90 Å². The Morgan fingerprint density at radius 2 is 2.16 bits per heavy atom. The van der Waals surface area contributed by atoms with E-state index in [0.717, 1.165) is 26.2 Å². The van der Waals surface area contributed by atoms with E-state index in [-0.39, 0.29) is 0 Å². The van der Waals surface area contributed by atoms with Gasteiger partial charge in [-0.15, -0.1) is 0 Å². The fourth-order valence-electron chi connectivity index (χ4n) is 3.13. The van der Waals surface area contributed by atoms with E-state index in [1.807, 2.05) is 0 Å². The third kappa shape index (κ3) is 3.16. The topological polar surface area (TPSA) is 24.5 Å². The van der Waals surface area contributed by atoms with Crippen molar-refractivity contribution >= 4 is 0 Å². The molecule has 0 spiro atoms. The summed E-state index contributed by atoms with van der Waals surface area (Å²) in [5.74, 6) is 0. The second-order valence-electron chi connectivity index (χ2n) is 5.81. The lowest BCUT2D eigenvalue weighted by Gasteiger charge is -2.40. The molecule has 3 unspecified atom stereocenters. The van der Waals surface area contributed by atoms with Crippen LogP contribution >= 0.6 is 0 Å². The minimum atomic E-state index is 0.456. The minimum absolute atomic E-state index is 0.456. The third-order valence-corrected chi connectivity index (χ3v) is 4.36. The number of piperazine rings is 1. The van der Waals surface area contributed by atoms with Crippen LogP contribution in [-0.2, 0) is 4.74 Å². The number of hydrogen-bond acceptors (Lipinski definition) is 3. The van der Waals surface area contributed by atoms with Crippen LogP contribution < -0.4 is 5.32 Å². The molecule has 3 nitrogen and oxygen atoms in total. The first-order valence-corrected chi connectivity index (χ1v) is 7.47. The Bertz CT molecular complexity index is 389. The zero-order valence-corrected chi connectivity index (χ0v) is 11.7. The van der Waals surface area contributed by atoms with Gasteiger partial charge < -0.3 is 10.1 Å². The van der Waals surface area contributed by atoms with Crippen molar-refractivity contribution in [3.8, 4) is 0 Å². The monoisotopic (exact) mass is 260 g/mol. The quantitative estimate of drug-likeness (QED) is 0.901. The molecule has 2 heterocycles. The predicted molar refractivity (Wildman–Crippen MR) is 77.2 cm³/mol. The summed E-state index contributed by atoms with van der Waals surface area (Å²) in [6.07, 6.45) is 2.91. The molecular formula is C16H24N2O. The molecule has 1 aromatic carbocycles. The van der Waals surface area contributed by atoms with Crippen LogP contribution in [0.4, 0.5) is 0 Å². The van der Waals surface area contributed by atoms with Gasteiger partial charge in [-0.1, -0.05) is 30.3 Å². The molecule has 1 aromatic rings. The van der Waals surface area contributed by atoms with Crippen LogP contribution in [0.15, 0.2) is 30.3 Å². The van der Waals surface area contributed by atoms with E-state index in [1.165, 1.54) is 18.4 Å². The zero-order valence-electron chi connectivity index (χ0n) is 11.7. The maximum Gasteiger partial charge on any atom is 0.0702 e. The van der Waals surface area contributed by atoms with Crippen molar-refractivity contribution in [3.63, 3.8) is 0 Å². The van der Waals surface area contributed by atoms with Crippen LogP contribution in [0.25, 0.3) is 0 Å². The van der Waals surface area contributed by atoms with Crippen LogP contribution in [0.1, 0.15) is 31.4 Å². The summed E-state index contributed by atoms with van der Waals surface area (Å²) in [6.45, 7) is 6.50. The lowest BCUT2D eigenvalue weighted by atomic mass is 10.0. The lowest BCUT2D eigenvalue weighted by Crippen LogP contribution is -2.53. The first-order chi connectivity index (χ1) is 9.33. The molecule has 3 heteroatoms. The molecule has 0 bridgehead atoms. The van der Waals surface area contributed by atoms with E-state index in [0.29, 0.717) is 18.2 Å². The normalized spacial score (nSPS) is 32.6. The molecule has 0 radical (unpaired) electrons. The van der Waals surface area contributed by atoms with Crippen molar-refractivity contribution in [1.82, 2.24) is 10.2 Å². The highest BCUT2D eigenvalue weighted by atomic mass is 16.5. The van der Waals surface area contributed by atoms with Crippen molar-refractivity contribution in [3.05, 3.63) is 35.9 Å². The molecule has 3 atom stereocenters. The Hall–Kier alpha value is -0.900. The van der Waals surface area contributed by atoms with Crippen LogP contribution in [0.3, 0.4) is 0 Å². The van der Waals surface area contributed by atoms with Crippen LogP contribution in [0.2, 0.25) is 0 Å². The van der Waals surface area contributed by atoms with E-state index in [4.69, 9.17) is 4.74 Å². The average Bonchev–Trinajstić information content (AvgIpc) is 2.95. The molecule has 1 N–H and O–H groups in total. The summed E-state index contributed by atoms with van der Waals surface area (Å²) in [6, 6.07) is 11.8. The van der Waals surface area contributed by atoms with Gasteiger partial charge in [-0.25, -0.2) is 0 Å². The Kier molecular flexibility index (Phi) is 4.16. The van der Waals surface area contributed by atoms with Gasteiger partial charge in [0.1, 0.15) is 0 Å². The SMILES string of the molecule is CC1CNC(c2ccccc2)CN1CC1CCCO1. The van der Waals surface area contributed by atoms with Crippen molar-refractivity contribution in [1.29, 1.82) is 0 Å². The number of rotatable bonds is 3. The summed E-state index contributed by atoms with van der Waals surface area (Å²) in [4.78, 5) is 2.59. The Labute approximate surface area is 115 Å². The molecule has 2 saturated heterocycles. The van der Waals surface area contributed by atoms with Crippen molar-refractivity contribution in [2.45, 2.75) is 38.0 Å². The maximum atomic E-state index is 5.78. The fourth-order valence-corrected chi connectivity index (χ4v) is 3.13. The van der Waals surface area contributed by atoms with Crippen LogP contribution in [0.5, 0.6) is 0 Å².